The molecule has 0 aliphatic heterocycles. The molecule has 1 heteroatoms. The van der Waals surface area contributed by atoms with Crippen molar-refractivity contribution < 1.29 is 4.42 Å². The van der Waals surface area contributed by atoms with Crippen molar-refractivity contribution in [2.45, 2.75) is 13.3 Å². The molecule has 0 unspecified atom stereocenters. The molecule has 64 valence electrons. The highest BCUT2D eigenvalue weighted by Crippen LogP contribution is 1.95. The van der Waals surface area contributed by atoms with Crippen LogP contribution in [0.2, 0.25) is 0 Å². The fraction of sp³-hybridized carbons (Fsp3) is 0.167. The Morgan fingerprint density at radius 3 is 3.08 bits per heavy atom. The first-order valence-corrected chi connectivity index (χ1v) is 4.13. The summed E-state index contributed by atoms with van der Waals surface area (Å²) in [5, 5.41) is 0. The lowest BCUT2D eigenvalue weighted by atomic mass is 10.4. The van der Waals surface area contributed by atoms with Gasteiger partial charge in [-0.3, -0.25) is 0 Å². The average Bonchev–Trinajstić information content (AvgIpc) is 2.63. The van der Waals surface area contributed by atoms with Gasteiger partial charge in [0.05, 0.1) is 6.26 Å². The van der Waals surface area contributed by atoms with E-state index in [2.05, 4.69) is 30.6 Å². The predicted octanol–water partition coefficient (Wildman–Crippen LogP) is 2.60. The van der Waals surface area contributed by atoms with E-state index in [4.69, 9.17) is 4.42 Å². The maximum Gasteiger partial charge on any atom is 0.177 e. The van der Waals surface area contributed by atoms with Crippen LogP contribution in [0.5, 0.6) is 0 Å². The molecule has 1 nitrogen and oxygen atoms in total. The third-order valence-electron chi connectivity index (χ3n) is 1.28. The molecule has 0 fully saturated rings. The summed E-state index contributed by atoms with van der Waals surface area (Å²) in [4.78, 5) is 0. The van der Waals surface area contributed by atoms with Gasteiger partial charge in [-0.2, -0.15) is 0 Å². The van der Waals surface area contributed by atoms with Crippen molar-refractivity contribution >= 4 is 0 Å². The Kier molecular flexibility index (Phi) is 4.08. The molecule has 1 aromatic rings. The van der Waals surface area contributed by atoms with Gasteiger partial charge >= 0.3 is 0 Å². The van der Waals surface area contributed by atoms with Crippen molar-refractivity contribution in [2.24, 2.45) is 0 Å². The quantitative estimate of drug-likeness (QED) is 0.590. The summed E-state index contributed by atoms with van der Waals surface area (Å²) in [5.41, 5.74) is 0. The molecule has 0 saturated heterocycles. The van der Waals surface area contributed by atoms with Gasteiger partial charge in [0.1, 0.15) is 0 Å². The van der Waals surface area contributed by atoms with Gasteiger partial charge in [-0.1, -0.05) is 18.9 Å². The van der Waals surface area contributed by atoms with E-state index in [9.17, 15) is 0 Å². The monoisotopic (exact) mass is 170 g/mol. The van der Waals surface area contributed by atoms with Crippen LogP contribution in [0.4, 0.5) is 0 Å². The highest BCUT2D eigenvalue weighted by atomic mass is 16.3. The average molecular weight is 170 g/mol. The second kappa shape index (κ2) is 5.75. The molecule has 0 amide bonds. The van der Waals surface area contributed by atoms with Gasteiger partial charge < -0.3 is 4.42 Å². The number of furan rings is 1. The second-order valence-electron chi connectivity index (χ2n) is 2.31. The largest absolute Gasteiger partial charge is 0.456 e. The third-order valence-corrected chi connectivity index (χ3v) is 1.28. The molecule has 1 rings (SSSR count). The van der Waals surface area contributed by atoms with Crippen molar-refractivity contribution in [3.63, 3.8) is 0 Å². The van der Waals surface area contributed by atoms with Crippen molar-refractivity contribution in [3.05, 3.63) is 36.3 Å². The Balaban J connectivity index is 2.48. The molecule has 0 N–H and O–H groups in total. The van der Waals surface area contributed by atoms with Gasteiger partial charge in [0, 0.05) is 0 Å². The van der Waals surface area contributed by atoms with Gasteiger partial charge in [0.25, 0.3) is 0 Å². The maximum atomic E-state index is 5.00. The van der Waals surface area contributed by atoms with Crippen molar-refractivity contribution in [3.8, 4) is 23.7 Å². The molecule has 13 heavy (non-hydrogen) atoms. The van der Waals surface area contributed by atoms with Gasteiger partial charge in [-0.05, 0) is 42.4 Å². The van der Waals surface area contributed by atoms with Crippen LogP contribution in [0.1, 0.15) is 19.1 Å². The molecule has 1 heterocycles. The van der Waals surface area contributed by atoms with E-state index < -0.39 is 0 Å². The first-order chi connectivity index (χ1) is 6.43. The van der Waals surface area contributed by atoms with Crippen LogP contribution in [-0.2, 0) is 0 Å². The summed E-state index contributed by atoms with van der Waals surface area (Å²) < 4.78 is 5.00. The van der Waals surface area contributed by atoms with Crippen LogP contribution in [0.15, 0.2) is 35.0 Å². The number of hydrogen-bond donors (Lipinski definition) is 0. The lowest BCUT2D eigenvalue weighted by Gasteiger charge is -1.72. The maximum absolute atomic E-state index is 5.00. The topological polar surface area (TPSA) is 13.1 Å². The van der Waals surface area contributed by atoms with Crippen molar-refractivity contribution in [1.82, 2.24) is 0 Å². The van der Waals surface area contributed by atoms with Crippen molar-refractivity contribution in [2.75, 3.05) is 0 Å². The predicted molar refractivity (Wildman–Crippen MR) is 52.8 cm³/mol. The van der Waals surface area contributed by atoms with Gasteiger partial charge in [0.2, 0.25) is 0 Å². The summed E-state index contributed by atoms with van der Waals surface area (Å²) in [5.74, 6) is 11.6. The zero-order valence-electron chi connectivity index (χ0n) is 7.50. The molecule has 0 aromatic carbocycles. The van der Waals surface area contributed by atoms with Crippen LogP contribution in [0, 0.1) is 23.7 Å². The van der Waals surface area contributed by atoms with Crippen LogP contribution in [-0.4, -0.2) is 0 Å². The van der Waals surface area contributed by atoms with Crippen LogP contribution < -0.4 is 0 Å². The lowest BCUT2D eigenvalue weighted by Crippen LogP contribution is -1.60. The third kappa shape index (κ3) is 3.89. The lowest BCUT2D eigenvalue weighted by molar-refractivity contribution is 0.554. The van der Waals surface area contributed by atoms with E-state index in [1.165, 1.54) is 0 Å². The Bertz CT molecular complexity index is 374. The van der Waals surface area contributed by atoms with E-state index in [1.807, 2.05) is 6.08 Å². The Morgan fingerprint density at radius 2 is 2.38 bits per heavy atom. The fourth-order valence-corrected chi connectivity index (χ4v) is 0.697. The van der Waals surface area contributed by atoms with Crippen molar-refractivity contribution in [1.29, 1.82) is 0 Å². The summed E-state index contributed by atoms with van der Waals surface area (Å²) in [7, 11) is 0. The summed E-state index contributed by atoms with van der Waals surface area (Å²) in [6.07, 6.45) is 6.38. The smallest absolute Gasteiger partial charge is 0.177 e. The summed E-state index contributed by atoms with van der Waals surface area (Å²) >= 11 is 0. The number of allylic oxidation sites excluding steroid dienone is 2. The highest BCUT2D eigenvalue weighted by Gasteiger charge is 1.82. The van der Waals surface area contributed by atoms with E-state index in [0.29, 0.717) is 5.76 Å². The van der Waals surface area contributed by atoms with Gasteiger partial charge in [-0.25, -0.2) is 0 Å². The molecular weight excluding hydrogens is 160 g/mol. The fourth-order valence-electron chi connectivity index (χ4n) is 0.697. The minimum absolute atomic E-state index is 0.647. The minimum atomic E-state index is 0.647. The SMILES string of the molecule is CC/C=C\C#CC#Cc1ccco1. The first-order valence-electron chi connectivity index (χ1n) is 4.13. The standard InChI is InChI=1S/C12H10O/c1-2-3-4-5-6-7-9-12-10-8-11-13-12/h3-4,8,10-11H,2H2,1H3/b4-3-. The molecule has 0 saturated carbocycles. The van der Waals surface area contributed by atoms with E-state index in [1.54, 1.807) is 24.5 Å². The Morgan fingerprint density at radius 1 is 1.46 bits per heavy atom. The van der Waals surface area contributed by atoms with Crippen LogP contribution >= 0.6 is 0 Å². The molecule has 0 atom stereocenters. The van der Waals surface area contributed by atoms with Crippen LogP contribution in [0.25, 0.3) is 0 Å². The van der Waals surface area contributed by atoms with Crippen LogP contribution in [0.3, 0.4) is 0 Å². The molecule has 0 bridgehead atoms. The normalized spacial score (nSPS) is 8.69. The Hall–Kier alpha value is -1.86. The Labute approximate surface area is 78.5 Å². The molecule has 0 aliphatic carbocycles. The first kappa shape index (κ1) is 9.23. The van der Waals surface area contributed by atoms with Gasteiger partial charge in [-0.15, -0.1) is 0 Å². The molecule has 0 aliphatic rings. The minimum Gasteiger partial charge on any atom is -0.456 e. The summed E-state index contributed by atoms with van der Waals surface area (Å²) in [6, 6.07) is 3.60. The molecule has 0 radical (unpaired) electrons. The molecule has 1 aromatic heterocycles. The zero-order chi connectivity index (χ0) is 9.36. The zero-order valence-corrected chi connectivity index (χ0v) is 7.50. The van der Waals surface area contributed by atoms with E-state index in [-0.39, 0.29) is 0 Å². The number of hydrogen-bond acceptors (Lipinski definition) is 1. The van der Waals surface area contributed by atoms with Gasteiger partial charge in [0.15, 0.2) is 5.76 Å². The molecular formula is C12H10O. The van der Waals surface area contributed by atoms with E-state index >= 15 is 0 Å². The summed E-state index contributed by atoms with van der Waals surface area (Å²) in [6.45, 7) is 2.06. The van der Waals surface area contributed by atoms with E-state index in [0.717, 1.165) is 6.42 Å². The number of rotatable bonds is 1. The molecule has 0 spiro atoms. The second-order valence-corrected chi connectivity index (χ2v) is 2.31. The highest BCUT2D eigenvalue weighted by molar-refractivity contribution is 5.36.